The van der Waals surface area contributed by atoms with E-state index in [0.29, 0.717) is 10.8 Å². The predicted molar refractivity (Wildman–Crippen MR) is 105 cm³/mol. The number of halogens is 1. The van der Waals surface area contributed by atoms with E-state index >= 15 is 0 Å². The highest BCUT2D eigenvalue weighted by Crippen LogP contribution is 2.28. The maximum Gasteiger partial charge on any atom is 0.214 e. The molecule has 4 aromatic rings. The van der Waals surface area contributed by atoms with Crippen LogP contribution in [-0.4, -0.2) is 50.7 Å². The number of rotatable bonds is 4. The molecule has 1 saturated heterocycles. The lowest BCUT2D eigenvalue weighted by Crippen LogP contribution is -2.36. The molecule has 0 amide bonds. The van der Waals surface area contributed by atoms with E-state index in [1.54, 1.807) is 0 Å². The van der Waals surface area contributed by atoms with Crippen LogP contribution in [0.4, 0.5) is 0 Å². The van der Waals surface area contributed by atoms with Gasteiger partial charge in [-0.1, -0.05) is 28.9 Å². The Bertz CT molecular complexity index is 1090. The fourth-order valence-corrected chi connectivity index (χ4v) is 3.61. The Kier molecular flexibility index (Phi) is 4.56. The van der Waals surface area contributed by atoms with Crippen LogP contribution in [0.5, 0.6) is 0 Å². The first-order chi connectivity index (χ1) is 13.8. The van der Waals surface area contributed by atoms with E-state index in [4.69, 9.17) is 25.8 Å². The molecule has 1 aromatic carbocycles. The lowest BCUT2D eigenvalue weighted by Gasteiger charge is -2.26. The molecule has 7 nitrogen and oxygen atoms in total. The first-order valence-electron chi connectivity index (χ1n) is 9.12. The minimum absolute atomic E-state index is 0.556. The number of hydrogen-bond acceptors (Lipinski definition) is 6. The molecule has 28 heavy (non-hydrogen) atoms. The van der Waals surface area contributed by atoms with Gasteiger partial charge in [0.2, 0.25) is 12.2 Å². The van der Waals surface area contributed by atoms with E-state index < -0.39 is 0 Å². The molecule has 5 rings (SSSR count). The molecule has 0 N–H and O–H groups in total. The van der Waals surface area contributed by atoms with Crippen LogP contribution in [0.1, 0.15) is 5.69 Å². The van der Waals surface area contributed by atoms with Crippen LogP contribution in [-0.2, 0) is 11.3 Å². The zero-order valence-electron chi connectivity index (χ0n) is 15.1. The summed E-state index contributed by atoms with van der Waals surface area (Å²) in [5.41, 5.74) is 4.86. The molecule has 3 aromatic heterocycles. The highest BCUT2D eigenvalue weighted by atomic mass is 35.5. The van der Waals surface area contributed by atoms with Gasteiger partial charge in [-0.25, -0.2) is 4.98 Å². The average molecular weight is 396 g/mol. The average Bonchev–Trinajstić information content (AvgIpc) is 3.38. The van der Waals surface area contributed by atoms with Gasteiger partial charge < -0.3 is 13.7 Å². The van der Waals surface area contributed by atoms with Crippen molar-refractivity contribution in [3.05, 3.63) is 59.7 Å². The van der Waals surface area contributed by atoms with Crippen LogP contribution < -0.4 is 0 Å². The molecule has 0 radical (unpaired) electrons. The number of imidazole rings is 1. The van der Waals surface area contributed by atoms with E-state index in [1.807, 2.05) is 42.6 Å². The number of fused-ring (bicyclic) bond motifs is 1. The Hall–Kier alpha value is -2.74. The normalized spacial score (nSPS) is 15.3. The summed E-state index contributed by atoms with van der Waals surface area (Å²) >= 11 is 6.08. The first-order valence-corrected chi connectivity index (χ1v) is 9.49. The summed E-state index contributed by atoms with van der Waals surface area (Å²) in [5.74, 6) is 0.556. The van der Waals surface area contributed by atoms with E-state index in [9.17, 15) is 0 Å². The monoisotopic (exact) mass is 395 g/mol. The van der Waals surface area contributed by atoms with Gasteiger partial charge in [0.15, 0.2) is 0 Å². The first kappa shape index (κ1) is 17.4. The number of pyridine rings is 1. The quantitative estimate of drug-likeness (QED) is 0.526. The Balaban J connectivity index is 1.64. The van der Waals surface area contributed by atoms with E-state index in [2.05, 4.69) is 19.4 Å². The molecule has 0 spiro atoms. The molecule has 0 saturated carbocycles. The van der Waals surface area contributed by atoms with Crippen molar-refractivity contribution in [1.29, 1.82) is 0 Å². The number of aromatic nitrogens is 4. The maximum atomic E-state index is 6.08. The third-order valence-corrected chi connectivity index (χ3v) is 5.18. The summed E-state index contributed by atoms with van der Waals surface area (Å²) in [6.07, 6.45) is 3.35. The van der Waals surface area contributed by atoms with Gasteiger partial charge >= 0.3 is 0 Å². The zero-order valence-corrected chi connectivity index (χ0v) is 15.8. The van der Waals surface area contributed by atoms with Crippen molar-refractivity contribution in [2.75, 3.05) is 26.3 Å². The van der Waals surface area contributed by atoms with Crippen molar-refractivity contribution in [2.45, 2.75) is 6.54 Å². The van der Waals surface area contributed by atoms with Crippen molar-refractivity contribution in [3.63, 3.8) is 0 Å². The zero-order chi connectivity index (χ0) is 18.9. The molecular formula is C20H18ClN5O2. The minimum Gasteiger partial charge on any atom is -0.379 e. The Labute approximate surface area is 166 Å². The summed E-state index contributed by atoms with van der Waals surface area (Å²) in [6, 6.07) is 11.7. The summed E-state index contributed by atoms with van der Waals surface area (Å²) in [6.45, 7) is 4.08. The lowest BCUT2D eigenvalue weighted by atomic mass is 10.1. The highest BCUT2D eigenvalue weighted by molar-refractivity contribution is 6.30. The highest BCUT2D eigenvalue weighted by Gasteiger charge is 2.19. The van der Waals surface area contributed by atoms with E-state index in [-0.39, 0.29) is 0 Å². The third-order valence-electron chi connectivity index (χ3n) is 4.93. The van der Waals surface area contributed by atoms with E-state index in [1.165, 1.54) is 6.39 Å². The minimum atomic E-state index is 0.556. The van der Waals surface area contributed by atoms with Crippen molar-refractivity contribution >= 4 is 17.2 Å². The summed E-state index contributed by atoms with van der Waals surface area (Å²) < 4.78 is 12.5. The molecule has 1 aliphatic rings. The Morgan fingerprint density at radius 1 is 1.00 bits per heavy atom. The predicted octanol–water partition coefficient (Wildman–Crippen LogP) is 3.54. The van der Waals surface area contributed by atoms with Gasteiger partial charge in [0.25, 0.3) is 0 Å². The largest absolute Gasteiger partial charge is 0.379 e. The lowest BCUT2D eigenvalue weighted by molar-refractivity contribution is 0.0336. The molecule has 4 heterocycles. The standard InChI is InChI=1S/C20H18ClN5O2/c21-16-4-1-14(2-5-16)19-17(12-25-7-9-27-10-8-25)26-11-15(3-6-18(26)23-19)20-22-13-28-24-20/h1-6,11,13H,7-10,12H2. The molecule has 0 unspecified atom stereocenters. The SMILES string of the molecule is Clc1ccc(-c2nc3ccc(-c4ncon4)cn3c2CN2CCOCC2)cc1. The second-order valence-corrected chi connectivity index (χ2v) is 7.14. The van der Waals surface area contributed by atoms with Crippen molar-refractivity contribution in [1.82, 2.24) is 24.4 Å². The second kappa shape index (κ2) is 7.35. The second-order valence-electron chi connectivity index (χ2n) is 6.70. The Morgan fingerprint density at radius 3 is 2.54 bits per heavy atom. The van der Waals surface area contributed by atoms with Gasteiger partial charge in [0.1, 0.15) is 5.65 Å². The summed E-state index contributed by atoms with van der Waals surface area (Å²) in [4.78, 5) is 11.4. The van der Waals surface area contributed by atoms with Crippen LogP contribution in [0.25, 0.3) is 28.3 Å². The molecule has 142 valence electrons. The van der Waals surface area contributed by atoms with Crippen molar-refractivity contribution < 1.29 is 9.26 Å². The molecular weight excluding hydrogens is 378 g/mol. The third kappa shape index (κ3) is 3.28. The summed E-state index contributed by atoms with van der Waals surface area (Å²) in [5, 5.41) is 4.66. The molecule has 0 aliphatic carbocycles. The van der Waals surface area contributed by atoms with Crippen LogP contribution in [0.15, 0.2) is 53.5 Å². The molecule has 1 aliphatic heterocycles. The number of ether oxygens (including phenoxy) is 1. The number of hydrogen-bond donors (Lipinski definition) is 0. The van der Waals surface area contributed by atoms with Gasteiger partial charge in [-0.05, 0) is 24.3 Å². The number of morpholine rings is 1. The molecule has 8 heteroatoms. The van der Waals surface area contributed by atoms with Crippen LogP contribution in [0, 0.1) is 0 Å². The van der Waals surface area contributed by atoms with Gasteiger partial charge in [-0.15, -0.1) is 0 Å². The molecule has 0 atom stereocenters. The number of nitrogens with zero attached hydrogens (tertiary/aromatic N) is 5. The Morgan fingerprint density at radius 2 is 1.79 bits per heavy atom. The fraction of sp³-hybridized carbons (Fsp3) is 0.250. The van der Waals surface area contributed by atoms with Crippen LogP contribution in [0.3, 0.4) is 0 Å². The molecule has 1 fully saturated rings. The van der Waals surface area contributed by atoms with Crippen LogP contribution in [0.2, 0.25) is 5.02 Å². The van der Waals surface area contributed by atoms with E-state index in [0.717, 1.165) is 61.0 Å². The topological polar surface area (TPSA) is 68.7 Å². The van der Waals surface area contributed by atoms with Gasteiger partial charge in [0, 0.05) is 42.0 Å². The van der Waals surface area contributed by atoms with Gasteiger partial charge in [-0.3, -0.25) is 4.90 Å². The van der Waals surface area contributed by atoms with Gasteiger partial charge in [-0.2, -0.15) is 4.98 Å². The number of benzene rings is 1. The van der Waals surface area contributed by atoms with Crippen LogP contribution >= 0.6 is 11.6 Å². The molecule has 0 bridgehead atoms. The fourth-order valence-electron chi connectivity index (χ4n) is 3.48. The van der Waals surface area contributed by atoms with Gasteiger partial charge in [0.05, 0.1) is 24.6 Å². The van der Waals surface area contributed by atoms with Crippen molar-refractivity contribution in [2.24, 2.45) is 0 Å². The summed E-state index contributed by atoms with van der Waals surface area (Å²) in [7, 11) is 0. The smallest absolute Gasteiger partial charge is 0.214 e. The van der Waals surface area contributed by atoms with Crippen molar-refractivity contribution in [3.8, 4) is 22.6 Å². The maximum absolute atomic E-state index is 6.08.